The van der Waals surface area contributed by atoms with Crippen molar-refractivity contribution in [2.24, 2.45) is 0 Å². The molecule has 0 bridgehead atoms. The van der Waals surface area contributed by atoms with Crippen molar-refractivity contribution in [3.63, 3.8) is 0 Å². The van der Waals surface area contributed by atoms with Crippen LogP contribution in [0, 0.1) is 17.0 Å². The van der Waals surface area contributed by atoms with Gasteiger partial charge in [-0.3, -0.25) is 14.9 Å². The molecule has 0 aliphatic heterocycles. The van der Waals surface area contributed by atoms with Crippen molar-refractivity contribution in [2.45, 2.75) is 13.5 Å². The molecule has 3 rings (SSSR count). The van der Waals surface area contributed by atoms with Crippen LogP contribution in [0.5, 0.6) is 0 Å². The van der Waals surface area contributed by atoms with Crippen LogP contribution in [0.1, 0.15) is 21.7 Å². The van der Waals surface area contributed by atoms with Crippen LogP contribution in [0.2, 0.25) is 0 Å². The number of carbonyl (C=O) groups is 1. The summed E-state index contributed by atoms with van der Waals surface area (Å²) in [6.45, 7) is 1.97. The van der Waals surface area contributed by atoms with E-state index in [2.05, 4.69) is 15.5 Å². The lowest BCUT2D eigenvalue weighted by Gasteiger charge is -2.03. The number of nitro benzene ring substituents is 1. The smallest absolute Gasteiger partial charge is 0.282 e. The van der Waals surface area contributed by atoms with E-state index in [-0.39, 0.29) is 23.6 Å². The molecule has 3 aromatic rings. The molecule has 0 aliphatic carbocycles. The number of hydrogen-bond acceptors (Lipinski definition) is 6. The molecular weight excluding hydrogens is 324 g/mol. The minimum Gasteiger partial charge on any atom is -0.344 e. The number of amides is 1. The molecule has 1 N–H and O–H groups in total. The molecule has 0 saturated carbocycles. The highest BCUT2D eigenvalue weighted by Crippen LogP contribution is 2.19. The summed E-state index contributed by atoms with van der Waals surface area (Å²) in [5.41, 5.74) is 1.61. The first-order chi connectivity index (χ1) is 12.0. The van der Waals surface area contributed by atoms with Crippen LogP contribution in [-0.2, 0) is 6.54 Å². The topological polar surface area (TPSA) is 111 Å². The normalized spacial score (nSPS) is 10.4. The van der Waals surface area contributed by atoms with E-state index in [9.17, 15) is 14.9 Å². The molecule has 0 saturated heterocycles. The Kier molecular flexibility index (Phi) is 4.51. The SMILES string of the molecule is Cc1ccc(-c2nc(CNC(=O)c3ccccc3[N+](=O)[O-])no2)cc1. The van der Waals surface area contributed by atoms with E-state index in [4.69, 9.17) is 4.52 Å². The standard InChI is InChI=1S/C17H14N4O4/c1-11-6-8-12(9-7-11)17-19-15(20-25-17)10-18-16(22)13-4-2-3-5-14(13)21(23)24/h2-9H,10H2,1H3,(H,18,22). The van der Waals surface area contributed by atoms with Gasteiger partial charge in [0.25, 0.3) is 17.5 Å². The number of benzene rings is 2. The average molecular weight is 338 g/mol. The lowest BCUT2D eigenvalue weighted by Crippen LogP contribution is -2.24. The summed E-state index contributed by atoms with van der Waals surface area (Å²) in [7, 11) is 0. The molecule has 0 fully saturated rings. The fourth-order valence-electron chi connectivity index (χ4n) is 2.22. The van der Waals surface area contributed by atoms with Gasteiger partial charge in [-0.05, 0) is 25.1 Å². The maximum Gasteiger partial charge on any atom is 0.282 e. The largest absolute Gasteiger partial charge is 0.344 e. The number of rotatable bonds is 5. The summed E-state index contributed by atoms with van der Waals surface area (Å²) in [5, 5.41) is 17.3. The summed E-state index contributed by atoms with van der Waals surface area (Å²) in [4.78, 5) is 26.7. The first kappa shape index (κ1) is 16.3. The molecule has 8 heteroatoms. The quantitative estimate of drug-likeness (QED) is 0.565. The number of nitrogens with zero attached hydrogens (tertiary/aromatic N) is 3. The zero-order valence-corrected chi connectivity index (χ0v) is 13.3. The van der Waals surface area contributed by atoms with Crippen LogP contribution in [0.4, 0.5) is 5.69 Å². The van der Waals surface area contributed by atoms with Crippen LogP contribution in [0.15, 0.2) is 53.1 Å². The Morgan fingerprint density at radius 1 is 1.20 bits per heavy atom. The van der Waals surface area contributed by atoms with Gasteiger partial charge < -0.3 is 9.84 Å². The fraction of sp³-hybridized carbons (Fsp3) is 0.118. The van der Waals surface area contributed by atoms with E-state index in [0.29, 0.717) is 5.89 Å². The van der Waals surface area contributed by atoms with E-state index in [0.717, 1.165) is 11.1 Å². The number of nitro groups is 1. The third-order valence-corrected chi connectivity index (χ3v) is 3.52. The van der Waals surface area contributed by atoms with Gasteiger partial charge in [0.15, 0.2) is 5.82 Å². The number of para-hydroxylation sites is 1. The molecule has 0 unspecified atom stereocenters. The zero-order valence-electron chi connectivity index (χ0n) is 13.3. The van der Waals surface area contributed by atoms with E-state index in [1.807, 2.05) is 31.2 Å². The summed E-state index contributed by atoms with van der Waals surface area (Å²) in [6.07, 6.45) is 0. The Bertz CT molecular complexity index is 918. The zero-order chi connectivity index (χ0) is 17.8. The lowest BCUT2D eigenvalue weighted by atomic mass is 10.1. The Labute approximate surface area is 142 Å². The second-order valence-corrected chi connectivity index (χ2v) is 5.34. The minimum absolute atomic E-state index is 0.000241. The van der Waals surface area contributed by atoms with Gasteiger partial charge in [0.1, 0.15) is 5.56 Å². The molecule has 2 aromatic carbocycles. The van der Waals surface area contributed by atoms with Crippen molar-refractivity contribution in [3.8, 4) is 11.5 Å². The van der Waals surface area contributed by atoms with Crippen LogP contribution < -0.4 is 5.32 Å². The maximum absolute atomic E-state index is 12.2. The van der Waals surface area contributed by atoms with E-state index < -0.39 is 10.8 Å². The number of carbonyl (C=O) groups excluding carboxylic acids is 1. The van der Waals surface area contributed by atoms with Crippen molar-refractivity contribution >= 4 is 11.6 Å². The lowest BCUT2D eigenvalue weighted by molar-refractivity contribution is -0.385. The van der Waals surface area contributed by atoms with Gasteiger partial charge >= 0.3 is 0 Å². The Balaban J connectivity index is 1.69. The second kappa shape index (κ2) is 6.91. The highest BCUT2D eigenvalue weighted by molar-refractivity contribution is 5.98. The van der Waals surface area contributed by atoms with Crippen molar-refractivity contribution in [1.29, 1.82) is 0 Å². The van der Waals surface area contributed by atoms with E-state index in [1.165, 1.54) is 18.2 Å². The summed E-state index contributed by atoms with van der Waals surface area (Å²) in [6, 6.07) is 13.3. The highest BCUT2D eigenvalue weighted by atomic mass is 16.6. The molecule has 0 aliphatic rings. The maximum atomic E-state index is 12.2. The van der Waals surface area contributed by atoms with Gasteiger partial charge in [-0.2, -0.15) is 4.98 Å². The Morgan fingerprint density at radius 2 is 1.92 bits per heavy atom. The molecule has 0 spiro atoms. The van der Waals surface area contributed by atoms with Crippen LogP contribution in [0.25, 0.3) is 11.5 Å². The van der Waals surface area contributed by atoms with Gasteiger partial charge in [0, 0.05) is 11.6 Å². The Hall–Kier alpha value is -3.55. The van der Waals surface area contributed by atoms with E-state index >= 15 is 0 Å². The van der Waals surface area contributed by atoms with Gasteiger partial charge in [-0.15, -0.1) is 0 Å². The molecule has 25 heavy (non-hydrogen) atoms. The van der Waals surface area contributed by atoms with Gasteiger partial charge in [-0.25, -0.2) is 0 Å². The summed E-state index contributed by atoms with van der Waals surface area (Å²) >= 11 is 0. The van der Waals surface area contributed by atoms with Crippen molar-refractivity contribution in [3.05, 3.63) is 75.6 Å². The van der Waals surface area contributed by atoms with Crippen LogP contribution >= 0.6 is 0 Å². The number of aryl methyl sites for hydroxylation is 1. The summed E-state index contributed by atoms with van der Waals surface area (Å²) in [5.74, 6) is 0.0476. The monoisotopic (exact) mass is 338 g/mol. The van der Waals surface area contributed by atoms with Gasteiger partial charge in [0.2, 0.25) is 0 Å². The molecule has 0 atom stereocenters. The number of hydrogen-bond donors (Lipinski definition) is 1. The third kappa shape index (κ3) is 3.69. The molecule has 1 aromatic heterocycles. The molecule has 1 amide bonds. The van der Waals surface area contributed by atoms with Crippen LogP contribution in [0.3, 0.4) is 0 Å². The molecule has 126 valence electrons. The van der Waals surface area contributed by atoms with E-state index in [1.54, 1.807) is 6.07 Å². The first-order valence-electron chi connectivity index (χ1n) is 7.46. The highest BCUT2D eigenvalue weighted by Gasteiger charge is 2.19. The third-order valence-electron chi connectivity index (χ3n) is 3.52. The first-order valence-corrected chi connectivity index (χ1v) is 7.46. The van der Waals surface area contributed by atoms with Crippen molar-refractivity contribution in [2.75, 3.05) is 0 Å². The Morgan fingerprint density at radius 3 is 2.64 bits per heavy atom. The second-order valence-electron chi connectivity index (χ2n) is 5.34. The van der Waals surface area contributed by atoms with Crippen molar-refractivity contribution < 1.29 is 14.2 Å². The predicted molar refractivity (Wildman–Crippen MR) is 88.7 cm³/mol. The number of nitrogens with one attached hydrogen (secondary N) is 1. The molecule has 8 nitrogen and oxygen atoms in total. The fourth-order valence-corrected chi connectivity index (χ4v) is 2.22. The molecule has 0 radical (unpaired) electrons. The predicted octanol–water partition coefficient (Wildman–Crippen LogP) is 2.88. The molecular formula is C17H14N4O4. The van der Waals surface area contributed by atoms with Gasteiger partial charge in [-0.1, -0.05) is 35.0 Å². The van der Waals surface area contributed by atoms with Crippen LogP contribution in [-0.4, -0.2) is 21.0 Å². The number of aromatic nitrogens is 2. The minimum atomic E-state index is -0.598. The van der Waals surface area contributed by atoms with Gasteiger partial charge in [0.05, 0.1) is 11.5 Å². The molecule has 1 heterocycles. The van der Waals surface area contributed by atoms with Crippen molar-refractivity contribution in [1.82, 2.24) is 15.5 Å². The summed E-state index contributed by atoms with van der Waals surface area (Å²) < 4.78 is 5.17. The average Bonchev–Trinajstić information content (AvgIpc) is 3.09.